The van der Waals surface area contributed by atoms with E-state index in [4.69, 9.17) is 16.3 Å². The molecule has 3 heteroatoms. The lowest BCUT2D eigenvalue weighted by Gasteiger charge is -2.09. The molecule has 0 N–H and O–H groups in total. The number of aryl methyl sites for hydroxylation is 2. The van der Waals surface area contributed by atoms with E-state index >= 15 is 0 Å². The fourth-order valence-electron chi connectivity index (χ4n) is 2.16. The standard InChI is InChI=1S/C18H22ClNO/c1-3-5-6-14-7-9-17(10-8-14)21-18-12-15(13-19)11-16(4-2)20-18/h7-12H,3-6,13H2,1-2H3. The lowest BCUT2D eigenvalue weighted by molar-refractivity contribution is 0.460. The summed E-state index contributed by atoms with van der Waals surface area (Å²) in [4.78, 5) is 4.49. The summed E-state index contributed by atoms with van der Waals surface area (Å²) in [5.41, 5.74) is 3.39. The molecular formula is C18H22ClNO. The molecule has 1 heterocycles. The lowest BCUT2D eigenvalue weighted by Crippen LogP contribution is -1.95. The molecule has 0 saturated heterocycles. The SMILES string of the molecule is CCCCc1ccc(Oc2cc(CCl)cc(CC)n2)cc1. The molecule has 0 spiro atoms. The van der Waals surface area contributed by atoms with Crippen LogP contribution >= 0.6 is 11.6 Å². The van der Waals surface area contributed by atoms with Crippen LogP contribution in [0.1, 0.15) is 43.5 Å². The normalized spacial score (nSPS) is 10.6. The minimum Gasteiger partial charge on any atom is -0.439 e. The zero-order valence-electron chi connectivity index (χ0n) is 12.7. The molecule has 112 valence electrons. The molecule has 0 atom stereocenters. The van der Waals surface area contributed by atoms with Gasteiger partial charge >= 0.3 is 0 Å². The fourth-order valence-corrected chi connectivity index (χ4v) is 2.31. The van der Waals surface area contributed by atoms with Crippen LogP contribution in [-0.2, 0) is 18.7 Å². The van der Waals surface area contributed by atoms with E-state index in [1.807, 2.05) is 24.3 Å². The van der Waals surface area contributed by atoms with Crippen molar-refractivity contribution < 1.29 is 4.74 Å². The topological polar surface area (TPSA) is 22.1 Å². The molecule has 0 radical (unpaired) electrons. The van der Waals surface area contributed by atoms with Crippen molar-refractivity contribution in [3.8, 4) is 11.6 Å². The van der Waals surface area contributed by atoms with Gasteiger partial charge < -0.3 is 4.74 Å². The molecule has 0 bridgehead atoms. The van der Waals surface area contributed by atoms with E-state index in [1.54, 1.807) is 0 Å². The molecule has 2 rings (SSSR count). The van der Waals surface area contributed by atoms with Crippen molar-refractivity contribution in [1.29, 1.82) is 0 Å². The number of unbranched alkanes of at least 4 members (excludes halogenated alkanes) is 1. The molecule has 0 saturated carbocycles. The van der Waals surface area contributed by atoms with E-state index in [2.05, 4.69) is 31.0 Å². The first-order chi connectivity index (χ1) is 10.2. The first-order valence-corrected chi connectivity index (χ1v) is 8.11. The van der Waals surface area contributed by atoms with Crippen molar-refractivity contribution in [2.45, 2.75) is 45.4 Å². The van der Waals surface area contributed by atoms with Gasteiger partial charge in [0.1, 0.15) is 5.75 Å². The van der Waals surface area contributed by atoms with E-state index in [0.29, 0.717) is 11.8 Å². The van der Waals surface area contributed by atoms with Gasteiger partial charge in [-0.2, -0.15) is 0 Å². The molecule has 0 aliphatic heterocycles. The summed E-state index contributed by atoms with van der Waals surface area (Å²) in [5, 5.41) is 0. The van der Waals surface area contributed by atoms with Crippen LogP contribution in [0, 0.1) is 0 Å². The van der Waals surface area contributed by atoms with E-state index in [0.717, 1.165) is 29.8 Å². The molecule has 2 aromatic rings. The van der Waals surface area contributed by atoms with Crippen molar-refractivity contribution in [3.63, 3.8) is 0 Å². The van der Waals surface area contributed by atoms with Crippen LogP contribution in [-0.4, -0.2) is 4.98 Å². The third-order valence-corrected chi connectivity index (χ3v) is 3.70. The maximum Gasteiger partial charge on any atom is 0.219 e. The Morgan fingerprint density at radius 2 is 1.81 bits per heavy atom. The highest BCUT2D eigenvalue weighted by Crippen LogP contribution is 2.23. The van der Waals surface area contributed by atoms with E-state index in [-0.39, 0.29) is 0 Å². The summed E-state index contributed by atoms with van der Waals surface area (Å²) in [5.74, 6) is 1.91. The summed E-state index contributed by atoms with van der Waals surface area (Å²) in [6.07, 6.45) is 4.43. The molecule has 0 aliphatic carbocycles. The van der Waals surface area contributed by atoms with E-state index < -0.39 is 0 Å². The number of hydrogen-bond acceptors (Lipinski definition) is 2. The first-order valence-electron chi connectivity index (χ1n) is 7.57. The number of alkyl halides is 1. The Morgan fingerprint density at radius 3 is 2.43 bits per heavy atom. The second kappa shape index (κ2) is 8.04. The number of hydrogen-bond donors (Lipinski definition) is 0. The molecule has 1 aromatic carbocycles. The van der Waals surface area contributed by atoms with Crippen molar-refractivity contribution >= 4 is 11.6 Å². The fraction of sp³-hybridized carbons (Fsp3) is 0.389. The van der Waals surface area contributed by atoms with Gasteiger partial charge in [-0.15, -0.1) is 11.6 Å². The van der Waals surface area contributed by atoms with Crippen molar-refractivity contribution in [3.05, 3.63) is 53.2 Å². The zero-order valence-corrected chi connectivity index (χ0v) is 13.5. The largest absolute Gasteiger partial charge is 0.439 e. The third-order valence-electron chi connectivity index (χ3n) is 3.40. The molecule has 0 unspecified atom stereocenters. The van der Waals surface area contributed by atoms with Gasteiger partial charge in [0.25, 0.3) is 0 Å². The predicted molar refractivity (Wildman–Crippen MR) is 88.3 cm³/mol. The Balaban J connectivity index is 2.10. The average Bonchev–Trinajstić information content (AvgIpc) is 2.53. The van der Waals surface area contributed by atoms with Crippen LogP contribution in [0.25, 0.3) is 0 Å². The number of halogens is 1. The summed E-state index contributed by atoms with van der Waals surface area (Å²) < 4.78 is 5.85. The highest BCUT2D eigenvalue weighted by molar-refractivity contribution is 6.17. The smallest absolute Gasteiger partial charge is 0.219 e. The molecule has 1 aromatic heterocycles. The van der Waals surface area contributed by atoms with Crippen molar-refractivity contribution in [1.82, 2.24) is 4.98 Å². The average molecular weight is 304 g/mol. The minimum absolute atomic E-state index is 0.474. The molecule has 2 nitrogen and oxygen atoms in total. The summed E-state index contributed by atoms with van der Waals surface area (Å²) in [7, 11) is 0. The number of nitrogens with zero attached hydrogens (tertiary/aromatic N) is 1. The Kier molecular flexibility index (Phi) is 6.06. The summed E-state index contributed by atoms with van der Waals surface area (Å²) >= 11 is 5.92. The van der Waals surface area contributed by atoms with Crippen molar-refractivity contribution in [2.24, 2.45) is 0 Å². The number of rotatable bonds is 7. The Morgan fingerprint density at radius 1 is 1.05 bits per heavy atom. The van der Waals surface area contributed by atoms with Crippen LogP contribution in [0.2, 0.25) is 0 Å². The minimum atomic E-state index is 0.474. The van der Waals surface area contributed by atoms with Crippen LogP contribution in [0.5, 0.6) is 11.6 Å². The summed E-state index contributed by atoms with van der Waals surface area (Å²) in [6.45, 7) is 4.28. The van der Waals surface area contributed by atoms with E-state index in [9.17, 15) is 0 Å². The van der Waals surface area contributed by atoms with E-state index in [1.165, 1.54) is 18.4 Å². The van der Waals surface area contributed by atoms with Crippen LogP contribution in [0.15, 0.2) is 36.4 Å². The van der Waals surface area contributed by atoms with Gasteiger partial charge in [-0.3, -0.25) is 0 Å². The third kappa shape index (κ3) is 4.75. The monoisotopic (exact) mass is 303 g/mol. The van der Waals surface area contributed by atoms with Crippen molar-refractivity contribution in [2.75, 3.05) is 0 Å². The number of pyridine rings is 1. The molecular weight excluding hydrogens is 282 g/mol. The van der Waals surface area contributed by atoms with Gasteiger partial charge in [-0.05, 0) is 48.6 Å². The van der Waals surface area contributed by atoms with Gasteiger partial charge in [0, 0.05) is 17.6 Å². The Hall–Kier alpha value is -1.54. The Bertz CT molecular complexity index is 544. The predicted octanol–water partition coefficient (Wildman–Crippen LogP) is 5.52. The van der Waals surface area contributed by atoms with Crippen LogP contribution < -0.4 is 4.74 Å². The maximum atomic E-state index is 5.92. The number of ether oxygens (including phenoxy) is 1. The molecule has 21 heavy (non-hydrogen) atoms. The molecule has 0 aliphatic rings. The van der Waals surface area contributed by atoms with Crippen LogP contribution in [0.3, 0.4) is 0 Å². The highest BCUT2D eigenvalue weighted by Gasteiger charge is 2.04. The zero-order chi connectivity index (χ0) is 15.1. The van der Waals surface area contributed by atoms with Gasteiger partial charge in [-0.25, -0.2) is 4.98 Å². The number of aromatic nitrogens is 1. The van der Waals surface area contributed by atoms with Gasteiger partial charge in [-0.1, -0.05) is 32.4 Å². The molecule has 0 amide bonds. The second-order valence-corrected chi connectivity index (χ2v) is 5.41. The highest BCUT2D eigenvalue weighted by atomic mass is 35.5. The maximum absolute atomic E-state index is 5.92. The lowest BCUT2D eigenvalue weighted by atomic mass is 10.1. The Labute approximate surface area is 132 Å². The number of benzene rings is 1. The quantitative estimate of drug-likeness (QED) is 0.628. The first kappa shape index (κ1) is 15.8. The second-order valence-electron chi connectivity index (χ2n) is 5.14. The molecule has 0 fully saturated rings. The van der Waals surface area contributed by atoms with Gasteiger partial charge in [0.15, 0.2) is 0 Å². The van der Waals surface area contributed by atoms with Gasteiger partial charge in [0.2, 0.25) is 5.88 Å². The van der Waals surface area contributed by atoms with Gasteiger partial charge in [0.05, 0.1) is 0 Å². The van der Waals surface area contributed by atoms with Crippen LogP contribution in [0.4, 0.5) is 0 Å². The summed E-state index contributed by atoms with van der Waals surface area (Å²) in [6, 6.07) is 12.2.